The molecule has 2 aliphatic heterocycles. The molecule has 2 heterocycles. The number of imide groups is 1. The van der Waals surface area contributed by atoms with Gasteiger partial charge in [0, 0.05) is 32.1 Å². The van der Waals surface area contributed by atoms with Crippen molar-refractivity contribution in [3.8, 4) is 0 Å². The summed E-state index contributed by atoms with van der Waals surface area (Å²) in [7, 11) is 0. The van der Waals surface area contributed by atoms with Crippen molar-refractivity contribution < 1.29 is 14.4 Å². The minimum Gasteiger partial charge on any atom is -0.338 e. The van der Waals surface area contributed by atoms with Crippen LogP contribution < -0.4 is 11.1 Å². The van der Waals surface area contributed by atoms with Gasteiger partial charge in [0.05, 0.1) is 0 Å². The largest absolute Gasteiger partial charge is 0.338 e. The minimum atomic E-state index is -0.689. The molecule has 1 spiro atoms. The number of hydrogen-bond donors (Lipinski definition) is 2. The van der Waals surface area contributed by atoms with Crippen LogP contribution in [0.4, 0.5) is 4.79 Å². The van der Waals surface area contributed by atoms with Crippen molar-refractivity contribution in [3.63, 3.8) is 0 Å². The Bertz CT molecular complexity index is 502. The number of likely N-dealkylation sites (tertiary alicyclic amines) is 1. The van der Waals surface area contributed by atoms with E-state index in [1.165, 1.54) is 4.90 Å². The molecule has 3 fully saturated rings. The summed E-state index contributed by atoms with van der Waals surface area (Å²) >= 11 is 0. The molecule has 1 aliphatic carbocycles. The van der Waals surface area contributed by atoms with Crippen molar-refractivity contribution in [2.24, 2.45) is 5.73 Å². The van der Waals surface area contributed by atoms with Crippen LogP contribution in [0.15, 0.2) is 0 Å². The fraction of sp³-hybridized carbons (Fsp3) is 0.812. The van der Waals surface area contributed by atoms with Crippen molar-refractivity contribution in [1.29, 1.82) is 0 Å². The Morgan fingerprint density at radius 3 is 2.65 bits per heavy atom. The molecule has 0 aromatic carbocycles. The Balaban J connectivity index is 1.58. The third-order valence-electron chi connectivity index (χ3n) is 5.47. The van der Waals surface area contributed by atoms with Gasteiger partial charge >= 0.3 is 6.03 Å². The third kappa shape index (κ3) is 2.94. The van der Waals surface area contributed by atoms with E-state index in [1.54, 1.807) is 0 Å². The molecule has 23 heavy (non-hydrogen) atoms. The van der Waals surface area contributed by atoms with Crippen LogP contribution in [-0.2, 0) is 9.59 Å². The number of nitrogens with two attached hydrogens (primary N) is 1. The molecule has 7 heteroatoms. The van der Waals surface area contributed by atoms with Gasteiger partial charge in [0.15, 0.2) is 0 Å². The fourth-order valence-electron chi connectivity index (χ4n) is 4.12. The van der Waals surface area contributed by atoms with Crippen LogP contribution in [0.2, 0.25) is 0 Å². The normalized spacial score (nSPS) is 26.9. The van der Waals surface area contributed by atoms with E-state index in [9.17, 15) is 14.4 Å². The lowest BCUT2D eigenvalue weighted by Gasteiger charge is -2.35. The first-order valence-electron chi connectivity index (χ1n) is 8.71. The first-order chi connectivity index (χ1) is 11.1. The summed E-state index contributed by atoms with van der Waals surface area (Å²) in [4.78, 5) is 40.2. The van der Waals surface area contributed by atoms with Crippen LogP contribution in [0.25, 0.3) is 0 Å². The van der Waals surface area contributed by atoms with Crippen LogP contribution in [0, 0.1) is 0 Å². The van der Waals surface area contributed by atoms with E-state index < -0.39 is 5.54 Å². The highest BCUT2D eigenvalue weighted by molar-refractivity contribution is 6.07. The molecule has 3 rings (SSSR count). The summed E-state index contributed by atoms with van der Waals surface area (Å²) in [5, 5.41) is 2.84. The maximum absolute atomic E-state index is 12.5. The second-order valence-corrected chi connectivity index (χ2v) is 6.90. The number of amides is 4. The van der Waals surface area contributed by atoms with E-state index in [0.717, 1.165) is 38.6 Å². The molecule has 7 nitrogen and oxygen atoms in total. The predicted octanol–water partition coefficient (Wildman–Crippen LogP) is 0.581. The second kappa shape index (κ2) is 6.47. The first-order valence-corrected chi connectivity index (χ1v) is 8.71. The summed E-state index contributed by atoms with van der Waals surface area (Å²) in [6.45, 7) is 1.36. The lowest BCUT2D eigenvalue weighted by molar-refractivity contribution is -0.136. The Kier molecular flexibility index (Phi) is 4.57. The van der Waals surface area contributed by atoms with Crippen molar-refractivity contribution >= 4 is 17.8 Å². The van der Waals surface area contributed by atoms with E-state index in [2.05, 4.69) is 5.32 Å². The van der Waals surface area contributed by atoms with Gasteiger partial charge in [-0.1, -0.05) is 12.8 Å². The standard InChI is InChI=1S/C16H26N4O3/c17-11-12-5-1-4-9-19(12)13(21)6-10-20-14(22)16(18-15(20)23)7-2-3-8-16/h12H,1-11,17H2,(H,18,23)/t12-/m1/s1. The highest BCUT2D eigenvalue weighted by Gasteiger charge is 2.52. The fourth-order valence-corrected chi connectivity index (χ4v) is 4.12. The Morgan fingerprint density at radius 2 is 1.96 bits per heavy atom. The van der Waals surface area contributed by atoms with Crippen molar-refractivity contribution in [3.05, 3.63) is 0 Å². The Labute approximate surface area is 136 Å². The zero-order valence-electron chi connectivity index (χ0n) is 13.6. The Morgan fingerprint density at radius 1 is 1.22 bits per heavy atom. The quantitative estimate of drug-likeness (QED) is 0.740. The monoisotopic (exact) mass is 322 g/mol. The molecule has 128 valence electrons. The predicted molar refractivity (Wildman–Crippen MR) is 84.5 cm³/mol. The van der Waals surface area contributed by atoms with Gasteiger partial charge in [-0.15, -0.1) is 0 Å². The molecule has 1 saturated carbocycles. The molecule has 0 aromatic heterocycles. The van der Waals surface area contributed by atoms with Crippen LogP contribution in [0.5, 0.6) is 0 Å². The van der Waals surface area contributed by atoms with Gasteiger partial charge in [0.2, 0.25) is 5.91 Å². The van der Waals surface area contributed by atoms with Gasteiger partial charge in [-0.2, -0.15) is 0 Å². The van der Waals surface area contributed by atoms with E-state index in [0.29, 0.717) is 19.4 Å². The van der Waals surface area contributed by atoms with Gasteiger partial charge in [-0.25, -0.2) is 4.79 Å². The summed E-state index contributed by atoms with van der Waals surface area (Å²) in [5.41, 5.74) is 5.06. The number of carbonyl (C=O) groups is 3. The van der Waals surface area contributed by atoms with E-state index >= 15 is 0 Å². The summed E-state index contributed by atoms with van der Waals surface area (Å²) in [5.74, 6) is -0.157. The van der Waals surface area contributed by atoms with Crippen molar-refractivity contribution in [2.75, 3.05) is 19.6 Å². The summed E-state index contributed by atoms with van der Waals surface area (Å²) < 4.78 is 0. The smallest absolute Gasteiger partial charge is 0.325 e. The van der Waals surface area contributed by atoms with Crippen molar-refractivity contribution in [2.45, 2.75) is 62.9 Å². The van der Waals surface area contributed by atoms with Gasteiger partial charge in [-0.3, -0.25) is 14.5 Å². The number of urea groups is 1. The Hall–Kier alpha value is -1.63. The molecule has 4 amide bonds. The molecule has 0 unspecified atom stereocenters. The molecule has 0 aromatic rings. The number of hydrogen-bond acceptors (Lipinski definition) is 4. The number of piperidine rings is 1. The molecule has 3 N–H and O–H groups in total. The summed E-state index contributed by atoms with van der Waals surface area (Å²) in [6.07, 6.45) is 6.57. The van der Waals surface area contributed by atoms with E-state index in [-0.39, 0.29) is 36.9 Å². The number of rotatable bonds is 4. The zero-order chi connectivity index (χ0) is 16.4. The summed E-state index contributed by atoms with van der Waals surface area (Å²) in [6, 6.07) is -0.251. The third-order valence-corrected chi connectivity index (χ3v) is 5.47. The number of nitrogens with one attached hydrogen (secondary N) is 1. The van der Waals surface area contributed by atoms with E-state index in [1.807, 2.05) is 4.90 Å². The maximum Gasteiger partial charge on any atom is 0.325 e. The topological polar surface area (TPSA) is 95.7 Å². The molecule has 0 bridgehead atoms. The maximum atomic E-state index is 12.5. The van der Waals surface area contributed by atoms with Crippen LogP contribution >= 0.6 is 0 Å². The van der Waals surface area contributed by atoms with Gasteiger partial charge in [0.25, 0.3) is 5.91 Å². The zero-order valence-corrected chi connectivity index (χ0v) is 13.6. The average molecular weight is 322 g/mol. The number of nitrogens with zero attached hydrogens (tertiary/aromatic N) is 2. The lowest BCUT2D eigenvalue weighted by Crippen LogP contribution is -2.48. The van der Waals surface area contributed by atoms with Gasteiger partial charge in [-0.05, 0) is 32.1 Å². The van der Waals surface area contributed by atoms with Crippen LogP contribution in [0.1, 0.15) is 51.4 Å². The average Bonchev–Trinajstić information content (AvgIpc) is 3.12. The van der Waals surface area contributed by atoms with Gasteiger partial charge < -0.3 is 16.0 Å². The SMILES string of the molecule is NC[C@H]1CCCCN1C(=O)CCN1C(=O)NC2(CCCC2)C1=O. The van der Waals surface area contributed by atoms with Gasteiger partial charge in [0.1, 0.15) is 5.54 Å². The lowest BCUT2D eigenvalue weighted by atomic mass is 9.98. The van der Waals surface area contributed by atoms with Crippen molar-refractivity contribution in [1.82, 2.24) is 15.1 Å². The molecule has 1 atom stereocenters. The minimum absolute atomic E-state index is 0.00637. The van der Waals surface area contributed by atoms with E-state index in [4.69, 9.17) is 5.73 Å². The first kappa shape index (κ1) is 16.2. The van der Waals surface area contributed by atoms with Crippen LogP contribution in [-0.4, -0.2) is 58.9 Å². The molecular formula is C16H26N4O3. The molecular weight excluding hydrogens is 296 g/mol. The number of carbonyl (C=O) groups excluding carboxylic acids is 3. The second-order valence-electron chi connectivity index (χ2n) is 6.90. The molecule has 0 radical (unpaired) electrons. The highest BCUT2D eigenvalue weighted by Crippen LogP contribution is 2.35. The molecule has 3 aliphatic rings. The van der Waals surface area contributed by atoms with Crippen LogP contribution in [0.3, 0.4) is 0 Å². The molecule has 2 saturated heterocycles. The highest BCUT2D eigenvalue weighted by atomic mass is 16.2.